The molecule has 0 N–H and O–H groups in total. The summed E-state index contributed by atoms with van der Waals surface area (Å²) in [7, 11) is -0.980. The number of aromatic nitrogens is 1. The maximum absolute atomic E-state index is 12.1. The van der Waals surface area contributed by atoms with E-state index in [-0.39, 0.29) is 0 Å². The first-order chi connectivity index (χ1) is 9.19. The summed E-state index contributed by atoms with van der Waals surface area (Å²) in [5, 5.41) is 8.78. The fraction of sp³-hybridized carbons (Fsp3) is 0.200. The molecular weight excluding hydrogens is 256 g/mol. The largest absolute Gasteiger partial charge is 0.259 e. The van der Waals surface area contributed by atoms with Crippen molar-refractivity contribution in [2.75, 3.05) is 0 Å². The summed E-state index contributed by atoms with van der Waals surface area (Å²) >= 11 is 0. The second-order valence-electron chi connectivity index (χ2n) is 4.32. The highest BCUT2D eigenvalue weighted by Gasteiger charge is 2.06. The average Bonchev–Trinajstić information content (AvgIpc) is 2.41. The minimum Gasteiger partial charge on any atom is -0.259 e. The lowest BCUT2D eigenvalue weighted by Crippen LogP contribution is -2.01. The summed E-state index contributed by atoms with van der Waals surface area (Å²) in [6, 6.07) is 13.4. The summed E-state index contributed by atoms with van der Waals surface area (Å²) in [5.74, 6) is 0.989. The van der Waals surface area contributed by atoms with Crippen LogP contribution in [0.15, 0.2) is 42.6 Å². The summed E-state index contributed by atoms with van der Waals surface area (Å²) in [5.41, 5.74) is 3.52. The molecule has 1 heterocycles. The number of pyridine rings is 1. The van der Waals surface area contributed by atoms with Gasteiger partial charge < -0.3 is 0 Å². The van der Waals surface area contributed by atoms with Crippen molar-refractivity contribution < 1.29 is 4.21 Å². The van der Waals surface area contributed by atoms with Crippen LogP contribution in [0.2, 0.25) is 0 Å². The Bertz CT molecular complexity index is 647. The zero-order valence-corrected chi connectivity index (χ0v) is 11.5. The van der Waals surface area contributed by atoms with Crippen LogP contribution >= 0.6 is 0 Å². The minimum atomic E-state index is -0.980. The van der Waals surface area contributed by atoms with Crippen LogP contribution in [-0.2, 0) is 22.3 Å². The average molecular weight is 270 g/mol. The first kappa shape index (κ1) is 13.4. The topological polar surface area (TPSA) is 53.8 Å². The lowest BCUT2D eigenvalue weighted by atomic mass is 10.1. The highest BCUT2D eigenvalue weighted by molar-refractivity contribution is 7.83. The zero-order valence-electron chi connectivity index (χ0n) is 10.7. The first-order valence-electron chi connectivity index (χ1n) is 5.93. The van der Waals surface area contributed by atoms with Crippen LogP contribution < -0.4 is 0 Å². The molecule has 0 aliphatic rings. The van der Waals surface area contributed by atoms with Crippen molar-refractivity contribution >= 4 is 10.8 Å². The summed E-state index contributed by atoms with van der Waals surface area (Å²) in [6.07, 6.45) is 1.58. The Morgan fingerprint density at radius 2 is 2.05 bits per heavy atom. The Morgan fingerprint density at radius 3 is 2.79 bits per heavy atom. The quantitative estimate of drug-likeness (QED) is 0.858. The maximum atomic E-state index is 12.1. The second-order valence-corrected chi connectivity index (χ2v) is 5.77. The van der Waals surface area contributed by atoms with Crippen molar-refractivity contribution in [1.29, 1.82) is 5.26 Å². The van der Waals surface area contributed by atoms with E-state index in [0.29, 0.717) is 17.2 Å². The van der Waals surface area contributed by atoms with Crippen molar-refractivity contribution in [3.05, 3.63) is 65.0 Å². The smallest absolute Gasteiger partial charge is 0.140 e. The van der Waals surface area contributed by atoms with Crippen molar-refractivity contribution in [2.45, 2.75) is 18.4 Å². The molecular formula is C15H14N2OS. The number of nitriles is 1. The molecule has 0 aliphatic heterocycles. The molecule has 0 fully saturated rings. The molecule has 1 aromatic carbocycles. The lowest BCUT2D eigenvalue weighted by Gasteiger charge is -2.06. The monoisotopic (exact) mass is 270 g/mol. The second kappa shape index (κ2) is 6.26. The van der Waals surface area contributed by atoms with Crippen LogP contribution in [0.5, 0.6) is 0 Å². The number of rotatable bonds is 4. The minimum absolute atomic E-state index is 0.366. The summed E-state index contributed by atoms with van der Waals surface area (Å²) in [6.45, 7) is 2.02. The van der Waals surface area contributed by atoms with E-state index in [1.54, 1.807) is 18.3 Å². The van der Waals surface area contributed by atoms with Gasteiger partial charge in [-0.3, -0.25) is 4.21 Å². The van der Waals surface area contributed by atoms with Crippen LogP contribution in [0.1, 0.15) is 22.4 Å². The molecule has 96 valence electrons. The molecule has 0 saturated heterocycles. The molecule has 4 heteroatoms. The molecule has 1 unspecified atom stereocenters. The molecule has 3 nitrogen and oxygen atoms in total. The Hall–Kier alpha value is -1.99. The molecule has 2 rings (SSSR count). The van der Waals surface area contributed by atoms with Gasteiger partial charge in [-0.05, 0) is 35.7 Å². The third kappa shape index (κ3) is 3.73. The predicted octanol–water partition coefficient (Wildman–Crippen LogP) is 2.71. The highest BCUT2D eigenvalue weighted by atomic mass is 32.2. The lowest BCUT2D eigenvalue weighted by molar-refractivity contribution is 0.682. The third-order valence-corrected chi connectivity index (χ3v) is 4.13. The van der Waals surface area contributed by atoms with Gasteiger partial charge in [0.1, 0.15) is 11.8 Å². The molecule has 0 spiro atoms. The molecule has 0 bridgehead atoms. The molecule has 0 radical (unpaired) electrons. The van der Waals surface area contributed by atoms with Gasteiger partial charge in [0.25, 0.3) is 0 Å². The molecule has 19 heavy (non-hydrogen) atoms. The van der Waals surface area contributed by atoms with Gasteiger partial charge in [-0.1, -0.05) is 24.3 Å². The van der Waals surface area contributed by atoms with E-state index in [9.17, 15) is 4.21 Å². The van der Waals surface area contributed by atoms with Gasteiger partial charge in [-0.15, -0.1) is 0 Å². The molecule has 0 amide bonds. The van der Waals surface area contributed by atoms with Crippen molar-refractivity contribution in [3.8, 4) is 6.07 Å². The first-order valence-corrected chi connectivity index (χ1v) is 7.42. The van der Waals surface area contributed by atoms with E-state index in [2.05, 4.69) is 4.98 Å². The van der Waals surface area contributed by atoms with Gasteiger partial charge >= 0.3 is 0 Å². The van der Waals surface area contributed by atoms with Gasteiger partial charge in [0, 0.05) is 28.5 Å². The van der Waals surface area contributed by atoms with Crippen molar-refractivity contribution in [3.63, 3.8) is 0 Å². The molecule has 1 atom stereocenters. The SMILES string of the molecule is Cc1ccccc1CS(=O)Cc1ccnc(C#N)c1. The van der Waals surface area contributed by atoms with Crippen molar-refractivity contribution in [1.82, 2.24) is 4.98 Å². The fourth-order valence-electron chi connectivity index (χ4n) is 1.81. The third-order valence-electron chi connectivity index (χ3n) is 2.84. The van der Waals surface area contributed by atoms with Crippen LogP contribution in [0.25, 0.3) is 0 Å². The number of nitrogens with zero attached hydrogens (tertiary/aromatic N) is 2. The Morgan fingerprint density at radius 1 is 1.26 bits per heavy atom. The molecule has 0 aliphatic carbocycles. The van der Waals surface area contributed by atoms with Crippen molar-refractivity contribution in [2.24, 2.45) is 0 Å². The number of hydrogen-bond acceptors (Lipinski definition) is 3. The fourth-order valence-corrected chi connectivity index (χ4v) is 3.13. The summed E-state index contributed by atoms with van der Waals surface area (Å²) < 4.78 is 12.1. The van der Waals surface area contributed by atoms with Crippen LogP contribution in [0.4, 0.5) is 0 Å². The van der Waals surface area contributed by atoms with E-state index in [0.717, 1.165) is 16.7 Å². The maximum Gasteiger partial charge on any atom is 0.140 e. The van der Waals surface area contributed by atoms with Gasteiger partial charge in [0.05, 0.1) is 0 Å². The van der Waals surface area contributed by atoms with E-state index in [1.165, 1.54) is 0 Å². The van der Waals surface area contributed by atoms with Gasteiger partial charge in [-0.25, -0.2) is 4.98 Å². The van der Waals surface area contributed by atoms with Crippen LogP contribution in [-0.4, -0.2) is 9.19 Å². The van der Waals surface area contributed by atoms with Crippen LogP contribution in [0, 0.1) is 18.3 Å². The van der Waals surface area contributed by atoms with Crippen LogP contribution in [0.3, 0.4) is 0 Å². The van der Waals surface area contributed by atoms with E-state index in [4.69, 9.17) is 5.26 Å². The van der Waals surface area contributed by atoms with Gasteiger partial charge in [0.2, 0.25) is 0 Å². The van der Waals surface area contributed by atoms with Gasteiger partial charge in [0.15, 0.2) is 0 Å². The Kier molecular flexibility index (Phi) is 4.43. The number of aryl methyl sites for hydroxylation is 1. The molecule has 2 aromatic rings. The zero-order chi connectivity index (χ0) is 13.7. The van der Waals surface area contributed by atoms with Gasteiger partial charge in [-0.2, -0.15) is 5.26 Å². The molecule has 0 saturated carbocycles. The van der Waals surface area contributed by atoms with E-state index < -0.39 is 10.8 Å². The van der Waals surface area contributed by atoms with E-state index in [1.807, 2.05) is 37.3 Å². The standard InChI is InChI=1S/C15H14N2OS/c1-12-4-2-3-5-14(12)11-19(18)10-13-6-7-17-15(8-13)9-16/h2-8H,10-11H2,1H3. The molecule has 1 aromatic heterocycles. The Labute approximate surface area is 115 Å². The normalized spacial score (nSPS) is 11.8. The Balaban J connectivity index is 2.06. The summed E-state index contributed by atoms with van der Waals surface area (Å²) in [4.78, 5) is 3.90. The highest BCUT2D eigenvalue weighted by Crippen LogP contribution is 2.13. The van der Waals surface area contributed by atoms with E-state index >= 15 is 0 Å². The number of hydrogen-bond donors (Lipinski definition) is 0. The predicted molar refractivity (Wildman–Crippen MR) is 75.7 cm³/mol. The number of benzene rings is 1.